The molecular weight excluding hydrogens is 284 g/mol. The maximum absolute atomic E-state index is 11.6. The molecule has 0 unspecified atom stereocenters. The van der Waals surface area contributed by atoms with Gasteiger partial charge >= 0.3 is 11.9 Å². The number of carbonyl (C=O) groups is 1. The first-order valence-electron chi connectivity index (χ1n) is 6.98. The molecule has 1 fully saturated rings. The van der Waals surface area contributed by atoms with Gasteiger partial charge in [0.1, 0.15) is 5.82 Å². The first kappa shape index (κ1) is 14.1. The third-order valence-electron chi connectivity index (χ3n) is 3.36. The number of rotatable bonds is 4. The van der Waals surface area contributed by atoms with E-state index < -0.39 is 5.97 Å². The van der Waals surface area contributed by atoms with E-state index >= 15 is 0 Å². The molecule has 112 valence electrons. The molecule has 7 nitrogen and oxygen atoms in total. The molecule has 0 spiro atoms. The van der Waals surface area contributed by atoms with E-state index in [1.54, 1.807) is 13.0 Å². The van der Waals surface area contributed by atoms with Crippen LogP contribution in [-0.4, -0.2) is 35.6 Å². The standard InChI is InChI=1S/C15H14N4O3/c1-3-21-15(20)14-18-9-12(22-14)11-7-10(16-2)8-17-13(11)19-5-4-6-19/h7-9H,3-6H2,1H3. The van der Waals surface area contributed by atoms with E-state index in [9.17, 15) is 4.79 Å². The lowest BCUT2D eigenvalue weighted by atomic mass is 10.1. The van der Waals surface area contributed by atoms with Gasteiger partial charge in [0.15, 0.2) is 5.76 Å². The number of esters is 1. The maximum Gasteiger partial charge on any atom is 0.394 e. The van der Waals surface area contributed by atoms with Gasteiger partial charge in [-0.15, -0.1) is 0 Å². The summed E-state index contributed by atoms with van der Waals surface area (Å²) in [5.41, 5.74) is 1.07. The highest BCUT2D eigenvalue weighted by atomic mass is 16.5. The molecule has 0 aromatic carbocycles. The average molecular weight is 298 g/mol. The second-order valence-electron chi connectivity index (χ2n) is 4.77. The van der Waals surface area contributed by atoms with Gasteiger partial charge in [-0.25, -0.2) is 14.6 Å². The predicted molar refractivity (Wildman–Crippen MR) is 78.8 cm³/mol. The van der Waals surface area contributed by atoms with Gasteiger partial charge in [-0.2, -0.15) is 0 Å². The Bertz CT molecular complexity index is 743. The van der Waals surface area contributed by atoms with Crippen LogP contribution >= 0.6 is 0 Å². The third-order valence-corrected chi connectivity index (χ3v) is 3.36. The summed E-state index contributed by atoms with van der Waals surface area (Å²) in [5.74, 6) is 0.446. The molecule has 2 aromatic rings. The molecule has 3 rings (SSSR count). The Morgan fingerprint density at radius 3 is 2.91 bits per heavy atom. The molecule has 0 radical (unpaired) electrons. The van der Waals surface area contributed by atoms with E-state index in [1.165, 1.54) is 12.4 Å². The minimum absolute atomic E-state index is 0.0976. The zero-order chi connectivity index (χ0) is 15.5. The van der Waals surface area contributed by atoms with Gasteiger partial charge in [-0.05, 0) is 19.4 Å². The SMILES string of the molecule is [C-]#[N+]c1cnc(N2CCC2)c(-c2cnc(C(=O)OCC)o2)c1. The number of anilines is 1. The molecule has 3 heterocycles. The molecule has 7 heteroatoms. The Morgan fingerprint density at radius 2 is 2.27 bits per heavy atom. The molecule has 2 aromatic heterocycles. The second-order valence-corrected chi connectivity index (χ2v) is 4.77. The quantitative estimate of drug-likeness (QED) is 0.638. The van der Waals surface area contributed by atoms with Gasteiger partial charge in [0.05, 0.1) is 24.9 Å². The van der Waals surface area contributed by atoms with Crippen molar-refractivity contribution in [1.82, 2.24) is 9.97 Å². The molecule has 0 saturated carbocycles. The molecule has 1 aliphatic rings. The number of nitrogens with zero attached hydrogens (tertiary/aromatic N) is 4. The van der Waals surface area contributed by atoms with Crippen molar-refractivity contribution >= 4 is 17.5 Å². The van der Waals surface area contributed by atoms with E-state index in [2.05, 4.69) is 19.7 Å². The van der Waals surface area contributed by atoms with Gasteiger partial charge in [0, 0.05) is 19.3 Å². The van der Waals surface area contributed by atoms with Crippen molar-refractivity contribution in [3.63, 3.8) is 0 Å². The van der Waals surface area contributed by atoms with E-state index in [1.807, 2.05) is 0 Å². The van der Waals surface area contributed by atoms with Crippen molar-refractivity contribution in [3.8, 4) is 11.3 Å². The average Bonchev–Trinajstić information content (AvgIpc) is 2.96. The van der Waals surface area contributed by atoms with Crippen molar-refractivity contribution in [3.05, 3.63) is 35.8 Å². The Labute approximate surface area is 127 Å². The maximum atomic E-state index is 11.6. The van der Waals surface area contributed by atoms with Crippen molar-refractivity contribution in [2.75, 3.05) is 24.6 Å². The summed E-state index contributed by atoms with van der Waals surface area (Å²) >= 11 is 0. The summed E-state index contributed by atoms with van der Waals surface area (Å²) in [6, 6.07) is 1.70. The molecule has 0 amide bonds. The van der Waals surface area contributed by atoms with Gasteiger partial charge in [0.25, 0.3) is 0 Å². The Hall–Kier alpha value is -2.88. The van der Waals surface area contributed by atoms with Crippen LogP contribution in [0.15, 0.2) is 22.9 Å². The van der Waals surface area contributed by atoms with Crippen molar-refractivity contribution < 1.29 is 13.9 Å². The smallest absolute Gasteiger partial charge is 0.394 e. The molecule has 1 aliphatic heterocycles. The lowest BCUT2D eigenvalue weighted by Gasteiger charge is -2.33. The van der Waals surface area contributed by atoms with Crippen LogP contribution < -0.4 is 4.90 Å². The molecule has 0 atom stereocenters. The number of hydrogen-bond donors (Lipinski definition) is 0. The molecule has 0 N–H and O–H groups in total. The van der Waals surface area contributed by atoms with E-state index in [-0.39, 0.29) is 12.5 Å². The van der Waals surface area contributed by atoms with Crippen LogP contribution in [0.25, 0.3) is 16.2 Å². The lowest BCUT2D eigenvalue weighted by molar-refractivity contribution is 0.0482. The highest BCUT2D eigenvalue weighted by molar-refractivity contribution is 5.85. The number of ether oxygens (including phenoxy) is 1. The second kappa shape index (κ2) is 5.85. The first-order chi connectivity index (χ1) is 10.7. The number of carbonyl (C=O) groups excluding carboxylic acids is 1. The van der Waals surface area contributed by atoms with E-state index in [4.69, 9.17) is 15.7 Å². The van der Waals surface area contributed by atoms with Crippen LogP contribution in [-0.2, 0) is 4.74 Å². The fourth-order valence-electron chi connectivity index (χ4n) is 2.15. The summed E-state index contributed by atoms with van der Waals surface area (Å²) < 4.78 is 10.4. The van der Waals surface area contributed by atoms with E-state index in [0.29, 0.717) is 17.0 Å². The van der Waals surface area contributed by atoms with Crippen LogP contribution in [0.4, 0.5) is 11.5 Å². The summed E-state index contributed by atoms with van der Waals surface area (Å²) in [6.07, 6.45) is 4.10. The van der Waals surface area contributed by atoms with Crippen LogP contribution in [0.3, 0.4) is 0 Å². The van der Waals surface area contributed by atoms with Crippen molar-refractivity contribution in [2.24, 2.45) is 0 Å². The molecule has 22 heavy (non-hydrogen) atoms. The fourth-order valence-corrected chi connectivity index (χ4v) is 2.15. The third kappa shape index (κ3) is 2.51. The minimum Gasteiger partial charge on any atom is -0.459 e. The molecule has 0 aliphatic carbocycles. The highest BCUT2D eigenvalue weighted by Crippen LogP contribution is 2.34. The predicted octanol–water partition coefficient (Wildman–Crippen LogP) is 2.67. The Kier molecular flexibility index (Phi) is 3.74. The van der Waals surface area contributed by atoms with Gasteiger partial charge < -0.3 is 14.1 Å². The number of pyridine rings is 1. The van der Waals surface area contributed by atoms with Crippen LogP contribution in [0.1, 0.15) is 24.0 Å². The largest absolute Gasteiger partial charge is 0.459 e. The zero-order valence-corrected chi connectivity index (χ0v) is 12.1. The monoisotopic (exact) mass is 298 g/mol. The number of oxazole rings is 1. The van der Waals surface area contributed by atoms with Crippen LogP contribution in [0.2, 0.25) is 0 Å². The topological polar surface area (TPSA) is 72.8 Å². The zero-order valence-electron chi connectivity index (χ0n) is 12.1. The molecule has 0 bridgehead atoms. The Balaban J connectivity index is 1.99. The van der Waals surface area contributed by atoms with Crippen molar-refractivity contribution in [1.29, 1.82) is 0 Å². The first-order valence-corrected chi connectivity index (χ1v) is 6.98. The summed E-state index contributed by atoms with van der Waals surface area (Å²) in [5, 5.41) is 0. The Morgan fingerprint density at radius 1 is 1.45 bits per heavy atom. The lowest BCUT2D eigenvalue weighted by Crippen LogP contribution is -2.37. The summed E-state index contributed by atoms with van der Waals surface area (Å²) in [6.45, 7) is 10.9. The van der Waals surface area contributed by atoms with Crippen LogP contribution in [0.5, 0.6) is 0 Å². The van der Waals surface area contributed by atoms with Crippen molar-refractivity contribution in [2.45, 2.75) is 13.3 Å². The summed E-state index contributed by atoms with van der Waals surface area (Å²) in [7, 11) is 0. The van der Waals surface area contributed by atoms with Gasteiger partial charge in [-0.3, -0.25) is 4.98 Å². The molecule has 1 saturated heterocycles. The van der Waals surface area contributed by atoms with Gasteiger partial charge in [0.2, 0.25) is 5.69 Å². The number of aromatic nitrogens is 2. The summed E-state index contributed by atoms with van der Waals surface area (Å²) in [4.78, 5) is 25.4. The molecular formula is C15H14N4O3. The van der Waals surface area contributed by atoms with Gasteiger partial charge in [-0.1, -0.05) is 0 Å². The fraction of sp³-hybridized carbons (Fsp3) is 0.333. The van der Waals surface area contributed by atoms with Crippen LogP contribution in [0, 0.1) is 6.57 Å². The normalized spacial score (nSPS) is 13.4. The number of hydrogen-bond acceptors (Lipinski definition) is 6. The minimum atomic E-state index is -0.603. The van der Waals surface area contributed by atoms with E-state index in [0.717, 1.165) is 25.3 Å². The highest BCUT2D eigenvalue weighted by Gasteiger charge is 2.23.